The number of hydrogen-bond acceptors (Lipinski definition) is 3. The average molecular weight is 235 g/mol. The summed E-state index contributed by atoms with van der Waals surface area (Å²) in [5, 5.41) is 2.74. The van der Waals surface area contributed by atoms with Crippen molar-refractivity contribution < 1.29 is 9.53 Å². The van der Waals surface area contributed by atoms with E-state index in [9.17, 15) is 4.79 Å². The summed E-state index contributed by atoms with van der Waals surface area (Å²) in [6, 6.07) is 5.66. The molecule has 1 saturated heterocycles. The van der Waals surface area contributed by atoms with E-state index in [1.807, 2.05) is 25.1 Å². The highest BCUT2D eigenvalue weighted by molar-refractivity contribution is 5.76. The Morgan fingerprint density at radius 2 is 2.35 bits per heavy atom. The standard InChI is InChI=1S/C12H17N3O2/c1-9-2-3-11(10(13)8-9)17-7-6-15-5-4-14-12(15)16/h2-3,8H,4-7,13H2,1H3,(H,14,16). The molecule has 1 aromatic rings. The molecule has 0 spiro atoms. The molecule has 0 bridgehead atoms. The van der Waals surface area contributed by atoms with Gasteiger partial charge in [-0.05, 0) is 24.6 Å². The number of nitrogens with zero attached hydrogens (tertiary/aromatic N) is 1. The third-order valence-corrected chi connectivity index (χ3v) is 2.73. The van der Waals surface area contributed by atoms with Crippen LogP contribution >= 0.6 is 0 Å². The lowest BCUT2D eigenvalue weighted by molar-refractivity contribution is 0.203. The zero-order valence-electron chi connectivity index (χ0n) is 9.90. The number of ether oxygens (including phenoxy) is 1. The van der Waals surface area contributed by atoms with Gasteiger partial charge in [-0.3, -0.25) is 0 Å². The second-order valence-electron chi connectivity index (χ2n) is 4.11. The second kappa shape index (κ2) is 4.95. The number of hydrogen-bond donors (Lipinski definition) is 2. The maximum Gasteiger partial charge on any atom is 0.317 e. The van der Waals surface area contributed by atoms with Gasteiger partial charge in [0, 0.05) is 13.1 Å². The molecule has 0 saturated carbocycles. The molecule has 0 radical (unpaired) electrons. The quantitative estimate of drug-likeness (QED) is 0.764. The highest BCUT2D eigenvalue weighted by atomic mass is 16.5. The van der Waals surface area contributed by atoms with Gasteiger partial charge in [-0.25, -0.2) is 4.79 Å². The average Bonchev–Trinajstić information content (AvgIpc) is 2.68. The number of rotatable bonds is 4. The van der Waals surface area contributed by atoms with E-state index >= 15 is 0 Å². The Balaban J connectivity index is 1.83. The van der Waals surface area contributed by atoms with Crippen LogP contribution in [0.1, 0.15) is 5.56 Å². The summed E-state index contributed by atoms with van der Waals surface area (Å²) in [5.41, 5.74) is 7.57. The third kappa shape index (κ3) is 2.81. The molecule has 5 nitrogen and oxygen atoms in total. The highest BCUT2D eigenvalue weighted by Gasteiger charge is 2.18. The fraction of sp³-hybridized carbons (Fsp3) is 0.417. The Morgan fingerprint density at radius 1 is 1.53 bits per heavy atom. The van der Waals surface area contributed by atoms with Crippen LogP contribution < -0.4 is 15.8 Å². The smallest absolute Gasteiger partial charge is 0.317 e. The predicted octanol–water partition coefficient (Wildman–Crippen LogP) is 0.981. The first kappa shape index (κ1) is 11.6. The van der Waals surface area contributed by atoms with Crippen LogP contribution in [0.25, 0.3) is 0 Å². The molecule has 1 aromatic carbocycles. The van der Waals surface area contributed by atoms with Crippen molar-refractivity contribution in [2.45, 2.75) is 6.92 Å². The lowest BCUT2D eigenvalue weighted by Gasteiger charge is -2.15. The molecule has 0 aliphatic carbocycles. The van der Waals surface area contributed by atoms with E-state index in [2.05, 4.69) is 5.32 Å². The summed E-state index contributed by atoms with van der Waals surface area (Å²) in [4.78, 5) is 13.0. The molecule has 1 fully saturated rings. The van der Waals surface area contributed by atoms with Gasteiger partial charge in [0.25, 0.3) is 0 Å². The minimum absolute atomic E-state index is 0.0227. The number of anilines is 1. The van der Waals surface area contributed by atoms with Gasteiger partial charge in [-0.15, -0.1) is 0 Å². The van der Waals surface area contributed by atoms with E-state index in [0.29, 0.717) is 31.1 Å². The molecule has 2 rings (SSSR count). The van der Waals surface area contributed by atoms with Gasteiger partial charge in [-0.2, -0.15) is 0 Å². The van der Waals surface area contributed by atoms with Crippen molar-refractivity contribution in [2.24, 2.45) is 0 Å². The van der Waals surface area contributed by atoms with Crippen LogP contribution in [0, 0.1) is 6.92 Å². The lowest BCUT2D eigenvalue weighted by atomic mass is 10.2. The van der Waals surface area contributed by atoms with Gasteiger partial charge in [0.15, 0.2) is 0 Å². The predicted molar refractivity (Wildman–Crippen MR) is 66.1 cm³/mol. The van der Waals surface area contributed by atoms with Gasteiger partial charge in [0.2, 0.25) is 0 Å². The van der Waals surface area contributed by atoms with E-state index in [0.717, 1.165) is 12.1 Å². The van der Waals surface area contributed by atoms with E-state index < -0.39 is 0 Å². The Hall–Kier alpha value is -1.91. The van der Waals surface area contributed by atoms with Crippen molar-refractivity contribution in [3.63, 3.8) is 0 Å². The van der Waals surface area contributed by atoms with Gasteiger partial charge in [0.05, 0.1) is 12.2 Å². The van der Waals surface area contributed by atoms with Crippen molar-refractivity contribution >= 4 is 11.7 Å². The van der Waals surface area contributed by atoms with Crippen molar-refractivity contribution in [1.82, 2.24) is 10.2 Å². The summed E-state index contributed by atoms with van der Waals surface area (Å²) in [6.45, 7) is 4.48. The summed E-state index contributed by atoms with van der Waals surface area (Å²) >= 11 is 0. The van der Waals surface area contributed by atoms with Crippen molar-refractivity contribution in [3.05, 3.63) is 23.8 Å². The number of urea groups is 1. The number of nitrogen functional groups attached to an aromatic ring is 1. The van der Waals surface area contributed by atoms with Crippen LogP contribution in [0.4, 0.5) is 10.5 Å². The lowest BCUT2D eigenvalue weighted by Crippen LogP contribution is -2.31. The second-order valence-corrected chi connectivity index (χ2v) is 4.11. The van der Waals surface area contributed by atoms with Crippen LogP contribution in [0.5, 0.6) is 5.75 Å². The SMILES string of the molecule is Cc1ccc(OCCN2CCNC2=O)c(N)c1. The summed E-state index contributed by atoms with van der Waals surface area (Å²) in [6.07, 6.45) is 0. The number of nitrogens with one attached hydrogen (secondary N) is 1. The largest absolute Gasteiger partial charge is 0.490 e. The zero-order chi connectivity index (χ0) is 12.3. The Kier molecular flexibility index (Phi) is 3.37. The Morgan fingerprint density at radius 3 is 3.00 bits per heavy atom. The molecule has 92 valence electrons. The zero-order valence-corrected chi connectivity index (χ0v) is 9.90. The van der Waals surface area contributed by atoms with E-state index in [4.69, 9.17) is 10.5 Å². The number of carbonyl (C=O) groups excluding carboxylic acids is 1. The molecule has 1 aliphatic rings. The van der Waals surface area contributed by atoms with Gasteiger partial charge in [-0.1, -0.05) is 6.07 Å². The molecule has 2 amide bonds. The molecule has 1 heterocycles. The van der Waals surface area contributed by atoms with Crippen LogP contribution in [0.3, 0.4) is 0 Å². The third-order valence-electron chi connectivity index (χ3n) is 2.73. The van der Waals surface area contributed by atoms with Crippen LogP contribution in [0.2, 0.25) is 0 Å². The van der Waals surface area contributed by atoms with E-state index in [1.54, 1.807) is 4.90 Å². The van der Waals surface area contributed by atoms with Crippen molar-refractivity contribution in [3.8, 4) is 5.75 Å². The first-order valence-electron chi connectivity index (χ1n) is 5.68. The molecular formula is C12H17N3O2. The minimum atomic E-state index is -0.0227. The molecule has 0 unspecified atom stereocenters. The van der Waals surface area contributed by atoms with Gasteiger partial charge < -0.3 is 20.7 Å². The summed E-state index contributed by atoms with van der Waals surface area (Å²) < 4.78 is 5.56. The number of amides is 2. The minimum Gasteiger partial charge on any atom is -0.490 e. The monoisotopic (exact) mass is 235 g/mol. The topological polar surface area (TPSA) is 67.6 Å². The Labute approximate surface area is 101 Å². The Bertz CT molecular complexity index is 420. The van der Waals surface area contributed by atoms with Crippen molar-refractivity contribution in [1.29, 1.82) is 0 Å². The molecule has 0 atom stereocenters. The van der Waals surface area contributed by atoms with Crippen LogP contribution in [0.15, 0.2) is 18.2 Å². The molecule has 1 aliphatic heterocycles. The fourth-order valence-electron chi connectivity index (χ4n) is 1.79. The normalized spacial score (nSPS) is 14.9. The number of carbonyl (C=O) groups is 1. The molecule has 3 N–H and O–H groups in total. The van der Waals surface area contributed by atoms with Crippen molar-refractivity contribution in [2.75, 3.05) is 32.0 Å². The van der Waals surface area contributed by atoms with Gasteiger partial charge in [0.1, 0.15) is 12.4 Å². The molecular weight excluding hydrogens is 218 g/mol. The molecule has 5 heteroatoms. The maximum absolute atomic E-state index is 11.3. The van der Waals surface area contributed by atoms with E-state index in [-0.39, 0.29) is 6.03 Å². The molecule has 17 heavy (non-hydrogen) atoms. The number of benzene rings is 1. The molecule has 0 aromatic heterocycles. The highest BCUT2D eigenvalue weighted by Crippen LogP contribution is 2.21. The van der Waals surface area contributed by atoms with Gasteiger partial charge >= 0.3 is 6.03 Å². The first-order chi connectivity index (χ1) is 8.16. The van der Waals surface area contributed by atoms with Crippen LogP contribution in [-0.2, 0) is 0 Å². The first-order valence-corrected chi connectivity index (χ1v) is 5.68. The van der Waals surface area contributed by atoms with E-state index in [1.165, 1.54) is 0 Å². The van der Waals surface area contributed by atoms with Crippen LogP contribution in [-0.4, -0.2) is 37.2 Å². The summed E-state index contributed by atoms with van der Waals surface area (Å²) in [5.74, 6) is 0.676. The number of aryl methyl sites for hydroxylation is 1. The summed E-state index contributed by atoms with van der Waals surface area (Å²) in [7, 11) is 0. The fourth-order valence-corrected chi connectivity index (χ4v) is 1.79. The number of nitrogens with two attached hydrogens (primary N) is 1. The maximum atomic E-state index is 11.3.